The Hall–Kier alpha value is -6.12. The molecular formula is C44H32N2. The Morgan fingerprint density at radius 1 is 0.283 bits per heavy atom. The predicted molar refractivity (Wildman–Crippen MR) is 196 cm³/mol. The van der Waals surface area contributed by atoms with Gasteiger partial charge in [-0.3, -0.25) is 0 Å². The fraction of sp³-hybridized carbons (Fsp3) is 0. The highest BCUT2D eigenvalue weighted by molar-refractivity contribution is 6.16. The van der Waals surface area contributed by atoms with E-state index in [2.05, 4.69) is 204 Å². The molecule has 8 aromatic rings. The molecule has 0 bridgehead atoms. The lowest BCUT2D eigenvalue weighted by atomic mass is 9.96. The van der Waals surface area contributed by atoms with Crippen molar-refractivity contribution in [3.05, 3.63) is 194 Å². The Balaban J connectivity index is 1.44. The molecule has 0 aliphatic heterocycles. The van der Waals surface area contributed by atoms with Gasteiger partial charge in [0.15, 0.2) is 0 Å². The van der Waals surface area contributed by atoms with E-state index in [1.165, 1.54) is 32.7 Å². The van der Waals surface area contributed by atoms with Crippen molar-refractivity contribution in [3.63, 3.8) is 0 Å². The van der Waals surface area contributed by atoms with Crippen LogP contribution in [0.4, 0.5) is 34.1 Å². The van der Waals surface area contributed by atoms with Gasteiger partial charge < -0.3 is 9.80 Å². The fourth-order valence-corrected chi connectivity index (χ4v) is 6.51. The summed E-state index contributed by atoms with van der Waals surface area (Å²) in [5.41, 5.74) is 9.07. The summed E-state index contributed by atoms with van der Waals surface area (Å²) in [6.45, 7) is 0. The van der Waals surface area contributed by atoms with Crippen molar-refractivity contribution in [3.8, 4) is 11.1 Å². The van der Waals surface area contributed by atoms with Gasteiger partial charge in [0.2, 0.25) is 0 Å². The van der Waals surface area contributed by atoms with E-state index in [1.54, 1.807) is 0 Å². The van der Waals surface area contributed by atoms with E-state index < -0.39 is 0 Å². The minimum Gasteiger partial charge on any atom is -0.310 e. The van der Waals surface area contributed by atoms with Gasteiger partial charge in [-0.05, 0) is 82.4 Å². The van der Waals surface area contributed by atoms with Crippen molar-refractivity contribution < 1.29 is 0 Å². The summed E-state index contributed by atoms with van der Waals surface area (Å²) in [4.78, 5) is 4.76. The van der Waals surface area contributed by atoms with Crippen LogP contribution in [-0.4, -0.2) is 0 Å². The molecule has 0 aromatic heterocycles. The maximum atomic E-state index is 2.43. The number of hydrogen-bond acceptors (Lipinski definition) is 2. The molecule has 218 valence electrons. The van der Waals surface area contributed by atoms with Crippen LogP contribution in [0, 0.1) is 0 Å². The summed E-state index contributed by atoms with van der Waals surface area (Å²) in [7, 11) is 0. The zero-order valence-corrected chi connectivity index (χ0v) is 25.4. The Kier molecular flexibility index (Phi) is 7.22. The van der Waals surface area contributed by atoms with E-state index in [0.717, 1.165) is 34.1 Å². The quantitative estimate of drug-likeness (QED) is 0.171. The topological polar surface area (TPSA) is 6.48 Å². The van der Waals surface area contributed by atoms with Gasteiger partial charge in [-0.2, -0.15) is 0 Å². The molecule has 0 saturated carbocycles. The lowest BCUT2D eigenvalue weighted by Crippen LogP contribution is -2.13. The second-order valence-electron chi connectivity index (χ2n) is 11.4. The first-order valence-corrected chi connectivity index (χ1v) is 15.7. The van der Waals surface area contributed by atoms with Crippen molar-refractivity contribution >= 4 is 55.7 Å². The van der Waals surface area contributed by atoms with Gasteiger partial charge in [-0.1, -0.05) is 133 Å². The molecule has 0 saturated heterocycles. The second-order valence-corrected chi connectivity index (χ2v) is 11.4. The summed E-state index contributed by atoms with van der Waals surface area (Å²) in [6, 6.07) is 69.3. The zero-order chi connectivity index (χ0) is 30.7. The number of para-hydroxylation sites is 4. The molecule has 2 heteroatoms. The Labute approximate surface area is 270 Å². The molecule has 0 fully saturated rings. The lowest BCUT2D eigenvalue weighted by molar-refractivity contribution is 1.28. The van der Waals surface area contributed by atoms with Gasteiger partial charge >= 0.3 is 0 Å². The van der Waals surface area contributed by atoms with E-state index in [0.29, 0.717) is 0 Å². The molecular weight excluding hydrogens is 556 g/mol. The van der Waals surface area contributed by atoms with E-state index >= 15 is 0 Å². The van der Waals surface area contributed by atoms with E-state index in [9.17, 15) is 0 Å². The first-order chi connectivity index (χ1) is 22.8. The summed E-state index contributed by atoms with van der Waals surface area (Å²) < 4.78 is 0. The Morgan fingerprint density at radius 3 is 1.46 bits per heavy atom. The molecule has 0 N–H and O–H groups in total. The van der Waals surface area contributed by atoms with Crippen LogP contribution in [0.15, 0.2) is 194 Å². The van der Waals surface area contributed by atoms with E-state index in [1.807, 2.05) is 0 Å². The minimum absolute atomic E-state index is 1.10. The van der Waals surface area contributed by atoms with Crippen LogP contribution in [0.2, 0.25) is 0 Å². The Bertz CT molecular complexity index is 2210. The number of anilines is 6. The smallest absolute Gasteiger partial charge is 0.0547 e. The van der Waals surface area contributed by atoms with Gasteiger partial charge in [-0.25, -0.2) is 0 Å². The average Bonchev–Trinajstić information content (AvgIpc) is 3.14. The predicted octanol–water partition coefficient (Wildman–Crippen LogP) is 12.6. The standard InChI is InChI=1S/C44H32N2/c1-5-17-33(18-6-1)40-27-15-16-28-43(40)46(37-24-11-4-12-25-37)44-31-34-19-13-14-26-39(34)41-30-29-38(32-42(41)44)45(35-20-7-2-8-21-35)36-22-9-3-10-23-36/h1-32H. The van der Waals surface area contributed by atoms with E-state index in [4.69, 9.17) is 0 Å². The molecule has 8 rings (SSSR count). The summed E-state index contributed by atoms with van der Waals surface area (Å²) >= 11 is 0. The van der Waals surface area contributed by atoms with Crippen LogP contribution >= 0.6 is 0 Å². The third kappa shape index (κ3) is 5.06. The first-order valence-electron chi connectivity index (χ1n) is 15.7. The highest BCUT2D eigenvalue weighted by Crippen LogP contribution is 2.46. The third-order valence-electron chi connectivity index (χ3n) is 8.59. The van der Waals surface area contributed by atoms with Gasteiger partial charge in [-0.15, -0.1) is 0 Å². The molecule has 0 atom stereocenters. The highest BCUT2D eigenvalue weighted by Gasteiger charge is 2.21. The van der Waals surface area contributed by atoms with Crippen molar-refractivity contribution in [2.45, 2.75) is 0 Å². The molecule has 0 amide bonds. The van der Waals surface area contributed by atoms with Crippen molar-refractivity contribution in [2.75, 3.05) is 9.80 Å². The molecule has 2 nitrogen and oxygen atoms in total. The molecule has 0 radical (unpaired) electrons. The van der Waals surface area contributed by atoms with Gasteiger partial charge in [0.1, 0.15) is 0 Å². The second kappa shape index (κ2) is 12.1. The molecule has 0 aliphatic rings. The summed E-state index contributed by atoms with van der Waals surface area (Å²) in [5, 5.41) is 4.85. The molecule has 0 aliphatic carbocycles. The SMILES string of the molecule is c1ccc(-c2ccccc2N(c2ccccc2)c2cc3ccccc3c3ccc(N(c4ccccc4)c4ccccc4)cc23)cc1. The van der Waals surface area contributed by atoms with Crippen molar-refractivity contribution in [1.29, 1.82) is 0 Å². The normalized spacial score (nSPS) is 11.0. The minimum atomic E-state index is 1.10. The first kappa shape index (κ1) is 27.4. The largest absolute Gasteiger partial charge is 0.310 e. The van der Waals surface area contributed by atoms with Crippen molar-refractivity contribution in [1.82, 2.24) is 0 Å². The number of fused-ring (bicyclic) bond motifs is 3. The van der Waals surface area contributed by atoms with Crippen LogP contribution in [0.5, 0.6) is 0 Å². The molecule has 0 heterocycles. The van der Waals surface area contributed by atoms with Gasteiger partial charge in [0, 0.05) is 33.7 Å². The summed E-state index contributed by atoms with van der Waals surface area (Å²) in [5.74, 6) is 0. The van der Waals surface area contributed by atoms with Crippen LogP contribution in [0.3, 0.4) is 0 Å². The van der Waals surface area contributed by atoms with Gasteiger partial charge in [0.05, 0.1) is 11.4 Å². The fourth-order valence-electron chi connectivity index (χ4n) is 6.51. The number of benzene rings is 8. The van der Waals surface area contributed by atoms with Crippen LogP contribution < -0.4 is 9.80 Å². The lowest BCUT2D eigenvalue weighted by Gasteiger charge is -2.30. The third-order valence-corrected chi connectivity index (χ3v) is 8.59. The van der Waals surface area contributed by atoms with Crippen LogP contribution in [0.1, 0.15) is 0 Å². The number of hydrogen-bond donors (Lipinski definition) is 0. The molecule has 8 aromatic carbocycles. The highest BCUT2D eigenvalue weighted by atomic mass is 15.2. The number of rotatable bonds is 7. The van der Waals surface area contributed by atoms with Gasteiger partial charge in [0.25, 0.3) is 0 Å². The monoisotopic (exact) mass is 588 g/mol. The van der Waals surface area contributed by atoms with Crippen molar-refractivity contribution in [2.24, 2.45) is 0 Å². The Morgan fingerprint density at radius 2 is 0.804 bits per heavy atom. The van der Waals surface area contributed by atoms with Crippen LogP contribution in [-0.2, 0) is 0 Å². The van der Waals surface area contributed by atoms with E-state index in [-0.39, 0.29) is 0 Å². The average molecular weight is 589 g/mol. The molecule has 0 unspecified atom stereocenters. The summed E-state index contributed by atoms with van der Waals surface area (Å²) in [6.07, 6.45) is 0. The maximum Gasteiger partial charge on any atom is 0.0547 e. The van der Waals surface area contributed by atoms with Crippen LogP contribution in [0.25, 0.3) is 32.7 Å². The number of nitrogens with zero attached hydrogens (tertiary/aromatic N) is 2. The zero-order valence-electron chi connectivity index (χ0n) is 25.4. The molecule has 46 heavy (non-hydrogen) atoms. The maximum absolute atomic E-state index is 2.43. The molecule has 0 spiro atoms.